The van der Waals surface area contributed by atoms with E-state index in [0.717, 1.165) is 34.2 Å². The number of hydrogen-bond donors (Lipinski definition) is 2. The van der Waals surface area contributed by atoms with E-state index in [2.05, 4.69) is 22.6 Å². The number of aryl methyl sites for hydroxylation is 1. The van der Waals surface area contributed by atoms with Gasteiger partial charge in [-0.1, -0.05) is 6.07 Å². The van der Waals surface area contributed by atoms with Crippen molar-refractivity contribution in [3.63, 3.8) is 0 Å². The molecule has 1 heterocycles. The molecule has 0 fully saturated rings. The van der Waals surface area contributed by atoms with Gasteiger partial charge in [-0.15, -0.1) is 11.3 Å². The van der Waals surface area contributed by atoms with Gasteiger partial charge in [0.1, 0.15) is 10.8 Å². The summed E-state index contributed by atoms with van der Waals surface area (Å²) in [4.78, 5) is 4.48. The van der Waals surface area contributed by atoms with Crippen LogP contribution in [0, 0.1) is 6.92 Å². The molecule has 1 aromatic carbocycles. The van der Waals surface area contributed by atoms with E-state index in [9.17, 15) is 0 Å². The number of nitrogens with two attached hydrogens (primary N) is 1. The number of nitrogen functional groups attached to an aromatic ring is 1. The fourth-order valence-corrected chi connectivity index (χ4v) is 2.61. The third kappa shape index (κ3) is 3.45. The molecule has 1 unspecified atom stereocenters. The smallest absolute Gasteiger partial charge is 0.120 e. The van der Waals surface area contributed by atoms with Crippen LogP contribution >= 0.6 is 11.3 Å². The van der Waals surface area contributed by atoms with Crippen LogP contribution in [0.25, 0.3) is 0 Å². The van der Waals surface area contributed by atoms with Crippen LogP contribution in [0.1, 0.15) is 29.2 Å². The van der Waals surface area contributed by atoms with Gasteiger partial charge in [-0.2, -0.15) is 0 Å². The Labute approximate surface area is 117 Å². The second-order valence-corrected chi connectivity index (χ2v) is 5.38. The van der Waals surface area contributed by atoms with Crippen molar-refractivity contribution in [2.45, 2.75) is 26.4 Å². The molecule has 0 saturated carbocycles. The topological polar surface area (TPSA) is 60.2 Å². The number of ether oxygens (including phenoxy) is 1. The summed E-state index contributed by atoms with van der Waals surface area (Å²) in [6, 6.07) is 5.97. The van der Waals surface area contributed by atoms with E-state index in [-0.39, 0.29) is 6.04 Å². The Balaban J connectivity index is 1.98. The monoisotopic (exact) mass is 277 g/mol. The van der Waals surface area contributed by atoms with Gasteiger partial charge in [0.05, 0.1) is 13.2 Å². The van der Waals surface area contributed by atoms with Crippen molar-refractivity contribution < 1.29 is 4.74 Å². The summed E-state index contributed by atoms with van der Waals surface area (Å²) in [6.45, 7) is 4.84. The zero-order chi connectivity index (χ0) is 13.8. The summed E-state index contributed by atoms with van der Waals surface area (Å²) in [6.07, 6.45) is 0. The fourth-order valence-electron chi connectivity index (χ4n) is 1.78. The van der Waals surface area contributed by atoms with Crippen molar-refractivity contribution in [3.8, 4) is 5.75 Å². The normalized spacial score (nSPS) is 12.4. The molecule has 2 aromatic rings. The van der Waals surface area contributed by atoms with E-state index in [4.69, 9.17) is 10.5 Å². The third-order valence-electron chi connectivity index (χ3n) is 2.96. The van der Waals surface area contributed by atoms with Crippen LogP contribution in [0.2, 0.25) is 0 Å². The number of methoxy groups -OCH3 is 1. The van der Waals surface area contributed by atoms with Crippen LogP contribution in [-0.4, -0.2) is 12.1 Å². The van der Waals surface area contributed by atoms with Crippen LogP contribution < -0.4 is 15.8 Å². The minimum absolute atomic E-state index is 0.222. The number of nitrogens with one attached hydrogen (secondary N) is 1. The summed E-state index contributed by atoms with van der Waals surface area (Å²) in [7, 11) is 1.64. The zero-order valence-electron chi connectivity index (χ0n) is 11.4. The van der Waals surface area contributed by atoms with Crippen molar-refractivity contribution >= 4 is 17.0 Å². The molecule has 0 aliphatic heterocycles. The molecule has 0 bridgehead atoms. The molecule has 3 N–H and O–H groups in total. The Hall–Kier alpha value is -1.59. The predicted molar refractivity (Wildman–Crippen MR) is 79.5 cm³/mol. The van der Waals surface area contributed by atoms with Gasteiger partial charge in [0.15, 0.2) is 0 Å². The standard InChI is InChI=1S/C14H19N3OS/c1-9-8-19-14(17-9)10(2)16-7-11-4-5-12(18-3)6-13(11)15/h4-6,8,10,16H,7,15H2,1-3H3. The van der Waals surface area contributed by atoms with E-state index in [1.165, 1.54) is 0 Å². The Morgan fingerprint density at radius 3 is 2.84 bits per heavy atom. The van der Waals surface area contributed by atoms with Crippen LogP contribution in [-0.2, 0) is 6.54 Å². The lowest BCUT2D eigenvalue weighted by atomic mass is 10.1. The minimum Gasteiger partial charge on any atom is -0.497 e. The highest BCUT2D eigenvalue weighted by molar-refractivity contribution is 7.09. The molecule has 0 saturated heterocycles. The molecule has 4 nitrogen and oxygen atoms in total. The molecular formula is C14H19N3OS. The van der Waals surface area contributed by atoms with Gasteiger partial charge in [-0.05, 0) is 25.5 Å². The van der Waals surface area contributed by atoms with Gasteiger partial charge in [-0.25, -0.2) is 4.98 Å². The van der Waals surface area contributed by atoms with Crippen molar-refractivity contribution in [3.05, 3.63) is 39.8 Å². The van der Waals surface area contributed by atoms with Crippen LogP contribution in [0.15, 0.2) is 23.6 Å². The van der Waals surface area contributed by atoms with Gasteiger partial charge in [-0.3, -0.25) is 0 Å². The van der Waals surface area contributed by atoms with Gasteiger partial charge >= 0.3 is 0 Å². The maximum Gasteiger partial charge on any atom is 0.120 e. The second-order valence-electron chi connectivity index (χ2n) is 4.49. The van der Waals surface area contributed by atoms with Gasteiger partial charge < -0.3 is 15.8 Å². The first-order valence-electron chi connectivity index (χ1n) is 6.18. The summed E-state index contributed by atoms with van der Waals surface area (Å²) in [5.41, 5.74) is 8.88. The molecule has 19 heavy (non-hydrogen) atoms. The highest BCUT2D eigenvalue weighted by atomic mass is 32.1. The first-order chi connectivity index (χ1) is 9.10. The number of aromatic nitrogens is 1. The van der Waals surface area contributed by atoms with E-state index in [0.29, 0.717) is 0 Å². The van der Waals surface area contributed by atoms with E-state index < -0.39 is 0 Å². The quantitative estimate of drug-likeness (QED) is 0.825. The van der Waals surface area contributed by atoms with E-state index in [1.807, 2.05) is 25.1 Å². The molecule has 5 heteroatoms. The third-order valence-corrected chi connectivity index (χ3v) is 4.10. The fraction of sp³-hybridized carbons (Fsp3) is 0.357. The van der Waals surface area contributed by atoms with Gasteiger partial charge in [0.25, 0.3) is 0 Å². The number of hydrogen-bond acceptors (Lipinski definition) is 5. The molecule has 0 radical (unpaired) electrons. The first-order valence-corrected chi connectivity index (χ1v) is 7.06. The molecule has 0 aliphatic carbocycles. The number of benzene rings is 1. The Morgan fingerprint density at radius 1 is 1.47 bits per heavy atom. The van der Waals surface area contributed by atoms with E-state index in [1.54, 1.807) is 18.4 Å². The van der Waals surface area contributed by atoms with Gasteiger partial charge in [0.2, 0.25) is 0 Å². The Kier molecular flexibility index (Phi) is 4.39. The first kappa shape index (κ1) is 13.8. The molecule has 0 spiro atoms. The van der Waals surface area contributed by atoms with Crippen molar-refractivity contribution in [2.24, 2.45) is 0 Å². The lowest BCUT2D eigenvalue weighted by Gasteiger charge is -2.13. The predicted octanol–water partition coefficient (Wildman–Crippen LogP) is 2.89. The number of rotatable bonds is 5. The maximum atomic E-state index is 5.99. The SMILES string of the molecule is COc1ccc(CNC(C)c2nc(C)cs2)c(N)c1. The molecule has 0 aliphatic rings. The summed E-state index contributed by atoms with van der Waals surface area (Å²) < 4.78 is 5.14. The van der Waals surface area contributed by atoms with Crippen molar-refractivity contribution in [1.29, 1.82) is 0 Å². The average molecular weight is 277 g/mol. The highest BCUT2D eigenvalue weighted by Crippen LogP contribution is 2.21. The number of anilines is 1. The Morgan fingerprint density at radius 2 is 2.26 bits per heavy atom. The summed E-state index contributed by atoms with van der Waals surface area (Å²) in [5.74, 6) is 0.782. The summed E-state index contributed by atoms with van der Waals surface area (Å²) >= 11 is 1.68. The molecular weight excluding hydrogens is 258 g/mol. The molecule has 1 aromatic heterocycles. The van der Waals surface area contributed by atoms with Crippen LogP contribution in [0.4, 0.5) is 5.69 Å². The number of thiazole rings is 1. The van der Waals surface area contributed by atoms with Crippen LogP contribution in [0.5, 0.6) is 5.75 Å². The Bertz CT molecular complexity index is 553. The molecule has 2 rings (SSSR count). The summed E-state index contributed by atoms with van der Waals surface area (Å²) in [5, 5.41) is 6.60. The van der Waals surface area contributed by atoms with Gasteiger partial charge in [0, 0.05) is 29.4 Å². The van der Waals surface area contributed by atoms with Crippen molar-refractivity contribution in [1.82, 2.24) is 10.3 Å². The second kappa shape index (κ2) is 6.04. The molecule has 102 valence electrons. The largest absolute Gasteiger partial charge is 0.497 e. The van der Waals surface area contributed by atoms with Crippen LogP contribution in [0.3, 0.4) is 0 Å². The average Bonchev–Trinajstić information content (AvgIpc) is 2.83. The maximum absolute atomic E-state index is 5.99. The minimum atomic E-state index is 0.222. The lowest BCUT2D eigenvalue weighted by Crippen LogP contribution is -2.18. The number of nitrogens with zero attached hydrogens (tertiary/aromatic N) is 1. The van der Waals surface area contributed by atoms with Crippen molar-refractivity contribution in [2.75, 3.05) is 12.8 Å². The lowest BCUT2D eigenvalue weighted by molar-refractivity contribution is 0.415. The van der Waals surface area contributed by atoms with E-state index >= 15 is 0 Å². The zero-order valence-corrected chi connectivity index (χ0v) is 12.3. The molecule has 0 amide bonds. The molecule has 1 atom stereocenters. The highest BCUT2D eigenvalue weighted by Gasteiger charge is 2.09.